The maximum absolute atomic E-state index is 5.92. The maximum atomic E-state index is 5.92. The molecule has 3 rings (SSSR count). The highest BCUT2D eigenvalue weighted by Gasteiger charge is 2.22. The molecule has 0 aliphatic rings. The van der Waals surface area contributed by atoms with Crippen molar-refractivity contribution in [3.05, 3.63) is 65.5 Å². The van der Waals surface area contributed by atoms with Gasteiger partial charge in [-0.3, -0.25) is 0 Å². The second-order valence-corrected chi connectivity index (χ2v) is 6.41. The maximum Gasteiger partial charge on any atom is 0.274 e. The predicted molar refractivity (Wildman–Crippen MR) is 96.5 cm³/mol. The number of quaternary nitrogens is 1. The smallest absolute Gasteiger partial charge is 0.274 e. The number of aromatic nitrogens is 2. The molecular weight excluding hydrogens is 314 g/mol. The second kappa shape index (κ2) is 7.49. The van der Waals surface area contributed by atoms with Gasteiger partial charge in [-0.25, -0.2) is 0 Å². The lowest BCUT2D eigenvalue weighted by Gasteiger charge is -2.19. The van der Waals surface area contributed by atoms with Crippen LogP contribution in [0.15, 0.2) is 52.9 Å². The van der Waals surface area contributed by atoms with Gasteiger partial charge in [-0.15, -0.1) is 10.2 Å². The molecule has 0 saturated carbocycles. The van der Waals surface area contributed by atoms with Crippen molar-refractivity contribution in [2.75, 3.05) is 14.2 Å². The van der Waals surface area contributed by atoms with E-state index in [9.17, 15) is 0 Å². The number of hydrogen-bond donors (Lipinski definition) is 1. The number of methoxy groups -OCH3 is 1. The summed E-state index contributed by atoms with van der Waals surface area (Å²) in [5.74, 6) is 2.10. The van der Waals surface area contributed by atoms with Gasteiger partial charge < -0.3 is 14.1 Å². The van der Waals surface area contributed by atoms with Crippen molar-refractivity contribution in [2.24, 2.45) is 0 Å². The van der Waals surface area contributed by atoms with Crippen molar-refractivity contribution < 1.29 is 14.1 Å². The van der Waals surface area contributed by atoms with E-state index in [0.29, 0.717) is 11.8 Å². The van der Waals surface area contributed by atoms with Crippen molar-refractivity contribution in [3.8, 4) is 17.2 Å². The lowest BCUT2D eigenvalue weighted by atomic mass is 10.1. The molecule has 0 aliphatic heterocycles. The molecule has 0 amide bonds. The fourth-order valence-electron chi connectivity index (χ4n) is 2.73. The van der Waals surface area contributed by atoms with Crippen LogP contribution in [0, 0.1) is 6.92 Å². The highest BCUT2D eigenvalue weighted by Crippen LogP contribution is 2.20. The lowest BCUT2D eigenvalue weighted by Crippen LogP contribution is -3.07. The molecule has 2 atom stereocenters. The average Bonchev–Trinajstić information content (AvgIpc) is 3.12. The van der Waals surface area contributed by atoms with E-state index in [1.807, 2.05) is 24.3 Å². The molecule has 0 radical (unpaired) electrons. The lowest BCUT2D eigenvalue weighted by molar-refractivity contribution is -0.925. The minimum atomic E-state index is 0.105. The summed E-state index contributed by atoms with van der Waals surface area (Å²) >= 11 is 0. The van der Waals surface area contributed by atoms with E-state index in [2.05, 4.69) is 55.4 Å². The second-order valence-electron chi connectivity index (χ2n) is 6.41. The predicted octanol–water partition coefficient (Wildman–Crippen LogP) is 2.83. The van der Waals surface area contributed by atoms with Crippen molar-refractivity contribution in [2.45, 2.75) is 26.4 Å². The molecule has 3 aromatic rings. The standard InChI is InChI=1S/C20H23N3O2/c1-14-6-5-7-17(12-14)20-22-21-19(25-20)15(2)23(3)13-16-8-10-18(24-4)11-9-16/h5-12,15H,13H2,1-4H3/p+1/t15-/m0/s1. The first kappa shape index (κ1) is 17.2. The van der Waals surface area contributed by atoms with Gasteiger partial charge >= 0.3 is 0 Å². The number of nitrogens with zero attached hydrogens (tertiary/aromatic N) is 2. The Hall–Kier alpha value is -2.66. The Kier molecular flexibility index (Phi) is 5.14. The Morgan fingerprint density at radius 1 is 1.12 bits per heavy atom. The van der Waals surface area contributed by atoms with Gasteiger partial charge in [0.2, 0.25) is 5.89 Å². The van der Waals surface area contributed by atoms with Crippen molar-refractivity contribution in [1.29, 1.82) is 0 Å². The average molecular weight is 338 g/mol. The largest absolute Gasteiger partial charge is 0.497 e. The zero-order valence-corrected chi connectivity index (χ0v) is 15.1. The molecule has 0 fully saturated rings. The highest BCUT2D eigenvalue weighted by atomic mass is 16.5. The molecule has 25 heavy (non-hydrogen) atoms. The van der Waals surface area contributed by atoms with E-state index in [1.54, 1.807) is 7.11 Å². The Labute approximate surface area is 148 Å². The van der Waals surface area contributed by atoms with Crippen molar-refractivity contribution >= 4 is 0 Å². The molecule has 5 nitrogen and oxygen atoms in total. The van der Waals surface area contributed by atoms with Gasteiger partial charge in [0.1, 0.15) is 12.3 Å². The SMILES string of the molecule is COc1ccc(C[NH+](C)[C@@H](C)c2nnc(-c3cccc(C)c3)o2)cc1. The first-order valence-corrected chi connectivity index (χ1v) is 8.42. The minimum Gasteiger partial charge on any atom is -0.497 e. The fourth-order valence-corrected chi connectivity index (χ4v) is 2.73. The van der Waals surface area contributed by atoms with Gasteiger partial charge in [0.05, 0.1) is 14.2 Å². The Morgan fingerprint density at radius 3 is 2.56 bits per heavy atom. The van der Waals surface area contributed by atoms with E-state index in [0.717, 1.165) is 17.9 Å². The van der Waals surface area contributed by atoms with Gasteiger partial charge in [0, 0.05) is 11.1 Å². The molecule has 1 N–H and O–H groups in total. The van der Waals surface area contributed by atoms with Crippen LogP contribution in [0.25, 0.3) is 11.5 Å². The third kappa shape index (κ3) is 4.06. The molecule has 5 heteroatoms. The Morgan fingerprint density at radius 2 is 1.88 bits per heavy atom. The summed E-state index contributed by atoms with van der Waals surface area (Å²) in [6.45, 7) is 5.02. The summed E-state index contributed by atoms with van der Waals surface area (Å²) in [7, 11) is 3.81. The first-order valence-electron chi connectivity index (χ1n) is 8.42. The molecule has 1 aromatic heterocycles. The van der Waals surface area contributed by atoms with Crippen molar-refractivity contribution in [3.63, 3.8) is 0 Å². The van der Waals surface area contributed by atoms with E-state index in [-0.39, 0.29) is 6.04 Å². The molecule has 2 aromatic carbocycles. The van der Waals surface area contributed by atoms with Crippen LogP contribution in [-0.2, 0) is 6.54 Å². The number of aryl methyl sites for hydroxylation is 1. The Bertz CT molecular complexity index is 827. The third-order valence-corrected chi connectivity index (χ3v) is 4.46. The van der Waals surface area contributed by atoms with Gasteiger partial charge in [0.25, 0.3) is 5.89 Å². The number of benzene rings is 2. The summed E-state index contributed by atoms with van der Waals surface area (Å²) in [5, 5.41) is 8.47. The topological polar surface area (TPSA) is 52.6 Å². The summed E-state index contributed by atoms with van der Waals surface area (Å²) < 4.78 is 11.1. The van der Waals surface area contributed by atoms with Crippen LogP contribution >= 0.6 is 0 Å². The van der Waals surface area contributed by atoms with Gasteiger partial charge in [-0.05, 0) is 50.2 Å². The third-order valence-electron chi connectivity index (χ3n) is 4.46. The summed E-state index contributed by atoms with van der Waals surface area (Å²) in [5.41, 5.74) is 3.37. The zero-order chi connectivity index (χ0) is 17.8. The van der Waals surface area contributed by atoms with Crippen LogP contribution in [0.2, 0.25) is 0 Å². The summed E-state index contributed by atoms with van der Waals surface area (Å²) in [6.07, 6.45) is 0. The molecular formula is C20H24N3O2+. The molecule has 0 saturated heterocycles. The van der Waals surface area contributed by atoms with Crippen molar-refractivity contribution in [1.82, 2.24) is 10.2 Å². The zero-order valence-electron chi connectivity index (χ0n) is 15.1. The number of nitrogens with one attached hydrogen (secondary N) is 1. The van der Waals surface area contributed by atoms with Crippen LogP contribution in [0.3, 0.4) is 0 Å². The van der Waals surface area contributed by atoms with Crippen LogP contribution in [0.4, 0.5) is 0 Å². The molecule has 0 spiro atoms. The van der Waals surface area contributed by atoms with Crippen LogP contribution in [0.1, 0.15) is 30.0 Å². The summed E-state index contributed by atoms with van der Waals surface area (Å²) in [4.78, 5) is 1.28. The normalized spacial score (nSPS) is 13.4. The number of hydrogen-bond acceptors (Lipinski definition) is 4. The van der Waals surface area contributed by atoms with E-state index in [4.69, 9.17) is 9.15 Å². The quantitative estimate of drug-likeness (QED) is 0.751. The highest BCUT2D eigenvalue weighted by molar-refractivity contribution is 5.53. The Balaban J connectivity index is 1.70. The molecule has 1 unspecified atom stereocenters. The monoisotopic (exact) mass is 338 g/mol. The van der Waals surface area contributed by atoms with E-state index < -0.39 is 0 Å². The van der Waals surface area contributed by atoms with Crippen LogP contribution in [0.5, 0.6) is 5.75 Å². The molecule has 0 bridgehead atoms. The summed E-state index contributed by atoms with van der Waals surface area (Å²) in [6, 6.07) is 16.3. The number of ether oxygens (including phenoxy) is 1. The molecule has 130 valence electrons. The first-order chi connectivity index (χ1) is 12.1. The van der Waals surface area contributed by atoms with E-state index in [1.165, 1.54) is 16.0 Å². The van der Waals surface area contributed by atoms with Gasteiger partial charge in [0.15, 0.2) is 6.04 Å². The number of rotatable bonds is 6. The van der Waals surface area contributed by atoms with Gasteiger partial charge in [-0.2, -0.15) is 0 Å². The molecule has 1 heterocycles. The molecule has 0 aliphatic carbocycles. The fraction of sp³-hybridized carbons (Fsp3) is 0.300. The minimum absolute atomic E-state index is 0.105. The van der Waals surface area contributed by atoms with E-state index >= 15 is 0 Å². The van der Waals surface area contributed by atoms with Gasteiger partial charge in [-0.1, -0.05) is 17.7 Å². The van der Waals surface area contributed by atoms with Crippen LogP contribution in [-0.4, -0.2) is 24.4 Å². The van der Waals surface area contributed by atoms with Crippen LogP contribution < -0.4 is 9.64 Å².